The monoisotopic (exact) mass is 249 g/mol. The molecule has 0 saturated heterocycles. The number of nitrogens with zero attached hydrogens (tertiary/aromatic N) is 3. The lowest BCUT2D eigenvalue weighted by atomic mass is 10.3. The Balaban J connectivity index is 1.90. The first-order chi connectivity index (χ1) is 8.79. The van der Waals surface area contributed by atoms with Crippen molar-refractivity contribution in [2.75, 3.05) is 24.2 Å². The molecule has 2 aromatic heterocycles. The van der Waals surface area contributed by atoms with Crippen LogP contribution in [0.15, 0.2) is 23.0 Å². The molecule has 96 valence electrons. The zero-order valence-corrected chi connectivity index (χ0v) is 10.1. The minimum Gasteiger partial charge on any atom is -0.476 e. The highest BCUT2D eigenvalue weighted by molar-refractivity contribution is 5.53. The molecule has 0 unspecified atom stereocenters. The number of ether oxygens (including phenoxy) is 1. The van der Waals surface area contributed by atoms with Gasteiger partial charge in [0, 0.05) is 13.0 Å². The average molecular weight is 249 g/mol. The lowest BCUT2D eigenvalue weighted by molar-refractivity contribution is 0.329. The highest BCUT2D eigenvalue weighted by atomic mass is 16.5. The van der Waals surface area contributed by atoms with E-state index in [1.807, 2.05) is 6.92 Å². The molecule has 0 aliphatic rings. The molecule has 2 heterocycles. The summed E-state index contributed by atoms with van der Waals surface area (Å²) in [5.41, 5.74) is 6.26. The quantitative estimate of drug-likeness (QED) is 0.790. The predicted octanol–water partition coefficient (Wildman–Crippen LogP) is 1.10. The van der Waals surface area contributed by atoms with Gasteiger partial charge in [0.1, 0.15) is 5.82 Å². The maximum Gasteiger partial charge on any atom is 0.239 e. The highest BCUT2D eigenvalue weighted by Gasteiger charge is 2.04. The van der Waals surface area contributed by atoms with Crippen molar-refractivity contribution in [2.45, 2.75) is 13.3 Å². The van der Waals surface area contributed by atoms with E-state index in [2.05, 4.69) is 25.0 Å². The van der Waals surface area contributed by atoms with E-state index in [0.717, 1.165) is 0 Å². The smallest absolute Gasteiger partial charge is 0.239 e. The van der Waals surface area contributed by atoms with Gasteiger partial charge >= 0.3 is 0 Å². The molecule has 0 atom stereocenters. The van der Waals surface area contributed by atoms with Crippen LogP contribution in [0.1, 0.15) is 12.7 Å². The molecule has 0 aliphatic heterocycles. The van der Waals surface area contributed by atoms with Crippen LogP contribution in [0, 0.1) is 0 Å². The molecule has 0 aromatic carbocycles. The zero-order chi connectivity index (χ0) is 12.8. The first kappa shape index (κ1) is 12.2. The molecular weight excluding hydrogens is 234 g/mol. The van der Waals surface area contributed by atoms with Gasteiger partial charge in [-0.1, -0.05) is 5.16 Å². The standard InChI is InChI=1S/C11H15N5O2/c1-2-17-11-8(12)3-4-9(15-11)13-6-5-10-14-7-18-16-10/h3-4,7H,2,5-6,12H2,1H3,(H,13,15). The van der Waals surface area contributed by atoms with Gasteiger partial charge < -0.3 is 20.3 Å². The van der Waals surface area contributed by atoms with Crippen molar-refractivity contribution in [1.82, 2.24) is 15.1 Å². The second-order valence-corrected chi connectivity index (χ2v) is 3.55. The van der Waals surface area contributed by atoms with Crippen molar-refractivity contribution in [2.24, 2.45) is 0 Å². The molecule has 18 heavy (non-hydrogen) atoms. The summed E-state index contributed by atoms with van der Waals surface area (Å²) < 4.78 is 9.96. The summed E-state index contributed by atoms with van der Waals surface area (Å²) in [7, 11) is 0. The third-order valence-electron chi connectivity index (χ3n) is 2.23. The van der Waals surface area contributed by atoms with Gasteiger partial charge in [0.15, 0.2) is 5.82 Å². The third kappa shape index (κ3) is 3.09. The number of rotatable bonds is 6. The number of hydrogen-bond donors (Lipinski definition) is 2. The van der Waals surface area contributed by atoms with Crippen molar-refractivity contribution in [3.8, 4) is 5.88 Å². The Kier molecular flexibility index (Phi) is 3.95. The maximum atomic E-state index is 5.73. The van der Waals surface area contributed by atoms with Crippen molar-refractivity contribution >= 4 is 11.5 Å². The fourth-order valence-corrected chi connectivity index (χ4v) is 1.41. The van der Waals surface area contributed by atoms with Gasteiger partial charge in [-0.2, -0.15) is 9.97 Å². The Bertz CT molecular complexity index is 486. The average Bonchev–Trinajstić information content (AvgIpc) is 2.87. The molecule has 0 radical (unpaired) electrons. The van der Waals surface area contributed by atoms with Crippen molar-refractivity contribution < 1.29 is 9.26 Å². The molecule has 2 rings (SSSR count). The molecule has 2 aromatic rings. The van der Waals surface area contributed by atoms with Gasteiger partial charge in [0.2, 0.25) is 12.3 Å². The fourth-order valence-electron chi connectivity index (χ4n) is 1.41. The summed E-state index contributed by atoms with van der Waals surface area (Å²) in [6.45, 7) is 3.07. The Morgan fingerprint density at radius 2 is 2.33 bits per heavy atom. The number of anilines is 2. The molecule has 3 N–H and O–H groups in total. The normalized spacial score (nSPS) is 10.3. The van der Waals surface area contributed by atoms with Gasteiger partial charge in [0.25, 0.3) is 0 Å². The molecule has 7 nitrogen and oxygen atoms in total. The minimum absolute atomic E-state index is 0.446. The largest absolute Gasteiger partial charge is 0.476 e. The number of nitrogens with two attached hydrogens (primary N) is 1. The summed E-state index contributed by atoms with van der Waals surface area (Å²) in [5.74, 6) is 1.81. The van der Waals surface area contributed by atoms with E-state index < -0.39 is 0 Å². The Morgan fingerprint density at radius 1 is 1.44 bits per heavy atom. The van der Waals surface area contributed by atoms with Crippen LogP contribution in [0.5, 0.6) is 5.88 Å². The fraction of sp³-hybridized carbons (Fsp3) is 0.364. The highest BCUT2D eigenvalue weighted by Crippen LogP contribution is 2.20. The van der Waals surface area contributed by atoms with E-state index in [9.17, 15) is 0 Å². The number of aromatic nitrogens is 3. The molecule has 0 fully saturated rings. The molecule has 0 bridgehead atoms. The lowest BCUT2D eigenvalue weighted by Gasteiger charge is -2.09. The van der Waals surface area contributed by atoms with E-state index in [1.54, 1.807) is 12.1 Å². The topological polar surface area (TPSA) is 99.1 Å². The minimum atomic E-state index is 0.446. The van der Waals surface area contributed by atoms with Crippen LogP contribution in [-0.2, 0) is 6.42 Å². The Labute approximate surface area is 104 Å². The summed E-state index contributed by atoms with van der Waals surface area (Å²) in [4.78, 5) is 8.18. The molecule has 7 heteroatoms. The van der Waals surface area contributed by atoms with E-state index in [0.29, 0.717) is 42.8 Å². The van der Waals surface area contributed by atoms with Crippen LogP contribution < -0.4 is 15.8 Å². The molecule has 0 aliphatic carbocycles. The molecule has 0 saturated carbocycles. The van der Waals surface area contributed by atoms with Gasteiger partial charge in [0.05, 0.1) is 12.3 Å². The number of hydrogen-bond acceptors (Lipinski definition) is 7. The van der Waals surface area contributed by atoms with Gasteiger partial charge in [-0.3, -0.25) is 0 Å². The zero-order valence-electron chi connectivity index (χ0n) is 10.1. The first-order valence-electron chi connectivity index (χ1n) is 5.68. The Hall–Kier alpha value is -2.31. The first-order valence-corrected chi connectivity index (χ1v) is 5.68. The van der Waals surface area contributed by atoms with Gasteiger partial charge in [-0.05, 0) is 19.1 Å². The second kappa shape index (κ2) is 5.85. The van der Waals surface area contributed by atoms with Crippen molar-refractivity contribution in [3.63, 3.8) is 0 Å². The van der Waals surface area contributed by atoms with Crippen LogP contribution >= 0.6 is 0 Å². The van der Waals surface area contributed by atoms with Crippen molar-refractivity contribution in [1.29, 1.82) is 0 Å². The summed E-state index contributed by atoms with van der Waals surface area (Å²) in [5, 5.41) is 6.86. The van der Waals surface area contributed by atoms with E-state index in [1.165, 1.54) is 6.39 Å². The third-order valence-corrected chi connectivity index (χ3v) is 2.23. The molecule has 0 spiro atoms. The van der Waals surface area contributed by atoms with E-state index >= 15 is 0 Å². The molecule has 0 amide bonds. The number of pyridine rings is 1. The van der Waals surface area contributed by atoms with Crippen LogP contribution in [0.4, 0.5) is 11.5 Å². The maximum absolute atomic E-state index is 5.73. The van der Waals surface area contributed by atoms with Gasteiger partial charge in [-0.15, -0.1) is 0 Å². The van der Waals surface area contributed by atoms with Gasteiger partial charge in [-0.25, -0.2) is 0 Å². The number of nitrogen functional groups attached to an aromatic ring is 1. The van der Waals surface area contributed by atoms with Crippen LogP contribution in [-0.4, -0.2) is 28.3 Å². The van der Waals surface area contributed by atoms with E-state index in [4.69, 9.17) is 10.5 Å². The van der Waals surface area contributed by atoms with E-state index in [-0.39, 0.29) is 0 Å². The van der Waals surface area contributed by atoms with Crippen LogP contribution in [0.25, 0.3) is 0 Å². The Morgan fingerprint density at radius 3 is 3.06 bits per heavy atom. The van der Waals surface area contributed by atoms with Crippen molar-refractivity contribution in [3.05, 3.63) is 24.4 Å². The van der Waals surface area contributed by atoms with Crippen LogP contribution in [0.3, 0.4) is 0 Å². The summed E-state index contributed by atoms with van der Waals surface area (Å²) in [6, 6.07) is 3.56. The summed E-state index contributed by atoms with van der Waals surface area (Å²) in [6.07, 6.45) is 1.97. The molecular formula is C11H15N5O2. The second-order valence-electron chi connectivity index (χ2n) is 3.55. The summed E-state index contributed by atoms with van der Waals surface area (Å²) >= 11 is 0. The number of nitrogens with one attached hydrogen (secondary N) is 1. The predicted molar refractivity (Wildman–Crippen MR) is 66.3 cm³/mol. The SMILES string of the molecule is CCOc1nc(NCCc2ncon2)ccc1N. The van der Waals surface area contributed by atoms with Crippen LogP contribution in [0.2, 0.25) is 0 Å². The lowest BCUT2D eigenvalue weighted by Crippen LogP contribution is -2.08.